The number of anilines is 1. The zero-order chi connectivity index (χ0) is 13.1. The quantitative estimate of drug-likeness (QED) is 0.845. The summed E-state index contributed by atoms with van der Waals surface area (Å²) in [7, 11) is 1.72. The monoisotopic (exact) mass is 239 g/mol. The van der Waals surface area contributed by atoms with E-state index in [2.05, 4.69) is 26.1 Å². The fourth-order valence-electron chi connectivity index (χ4n) is 1.93. The largest absolute Gasteiger partial charge is 0.382 e. The highest BCUT2D eigenvalue weighted by Crippen LogP contribution is 2.21. The summed E-state index contributed by atoms with van der Waals surface area (Å²) in [6, 6.07) is 5.06. The predicted octanol–water partition coefficient (Wildman–Crippen LogP) is 3.75. The van der Waals surface area contributed by atoms with Crippen molar-refractivity contribution in [2.75, 3.05) is 12.4 Å². The van der Waals surface area contributed by atoms with Gasteiger partial charge in [0, 0.05) is 18.8 Å². The number of hydrogen-bond donors (Lipinski definition) is 1. The van der Waals surface area contributed by atoms with Crippen LogP contribution >= 0.6 is 0 Å². The molecule has 1 atom stereocenters. The minimum absolute atomic E-state index is 0.152. The maximum atomic E-state index is 13.0. The fraction of sp³-hybridized carbons (Fsp3) is 0.571. The summed E-state index contributed by atoms with van der Waals surface area (Å²) in [6.45, 7) is 8.12. The Balaban J connectivity index is 2.65. The molecule has 1 aromatic carbocycles. The number of rotatable bonds is 5. The minimum atomic E-state index is -0.196. The van der Waals surface area contributed by atoms with Crippen LogP contribution in [0.5, 0.6) is 0 Å². The van der Waals surface area contributed by atoms with Crippen LogP contribution < -0.4 is 5.32 Å². The van der Waals surface area contributed by atoms with Gasteiger partial charge in [0.15, 0.2) is 0 Å². The normalized spacial score (nSPS) is 13.5. The lowest BCUT2D eigenvalue weighted by Gasteiger charge is -2.28. The van der Waals surface area contributed by atoms with Crippen LogP contribution in [0.1, 0.15) is 32.8 Å². The molecule has 0 aliphatic rings. The standard InChI is InChI=1S/C14H22FNO/c1-10-8-12(15)6-7-13(10)16-11(2)9-14(3,4)17-5/h6-8,11,16H,9H2,1-5H3. The maximum Gasteiger partial charge on any atom is 0.123 e. The molecule has 0 radical (unpaired) electrons. The van der Waals surface area contributed by atoms with Crippen molar-refractivity contribution in [3.8, 4) is 0 Å². The number of methoxy groups -OCH3 is 1. The second kappa shape index (κ2) is 5.50. The molecule has 1 N–H and O–H groups in total. The molecule has 0 spiro atoms. The van der Waals surface area contributed by atoms with Gasteiger partial charge in [-0.1, -0.05) is 0 Å². The molecule has 17 heavy (non-hydrogen) atoms. The van der Waals surface area contributed by atoms with Crippen LogP contribution in [0.4, 0.5) is 10.1 Å². The summed E-state index contributed by atoms with van der Waals surface area (Å²) in [5, 5.41) is 3.38. The third-order valence-electron chi connectivity index (χ3n) is 2.94. The summed E-state index contributed by atoms with van der Waals surface area (Å²) in [5.74, 6) is -0.196. The van der Waals surface area contributed by atoms with Crippen LogP contribution in [0.25, 0.3) is 0 Å². The van der Waals surface area contributed by atoms with Gasteiger partial charge in [-0.3, -0.25) is 0 Å². The molecule has 0 fully saturated rings. The van der Waals surface area contributed by atoms with Crippen LogP contribution in [0.3, 0.4) is 0 Å². The molecule has 0 aliphatic carbocycles. The van der Waals surface area contributed by atoms with Crippen molar-refractivity contribution in [1.29, 1.82) is 0 Å². The molecule has 2 nitrogen and oxygen atoms in total. The second-order valence-corrected chi connectivity index (χ2v) is 5.17. The van der Waals surface area contributed by atoms with Crippen molar-refractivity contribution < 1.29 is 9.13 Å². The highest BCUT2D eigenvalue weighted by atomic mass is 19.1. The van der Waals surface area contributed by atoms with Gasteiger partial charge >= 0.3 is 0 Å². The second-order valence-electron chi connectivity index (χ2n) is 5.17. The van der Waals surface area contributed by atoms with Gasteiger partial charge in [-0.25, -0.2) is 4.39 Å². The third kappa shape index (κ3) is 4.35. The van der Waals surface area contributed by atoms with Gasteiger partial charge in [-0.2, -0.15) is 0 Å². The Hall–Kier alpha value is -1.09. The highest BCUT2D eigenvalue weighted by molar-refractivity contribution is 5.51. The van der Waals surface area contributed by atoms with Crippen molar-refractivity contribution in [1.82, 2.24) is 0 Å². The van der Waals surface area contributed by atoms with Gasteiger partial charge < -0.3 is 10.1 Å². The van der Waals surface area contributed by atoms with E-state index in [0.29, 0.717) is 0 Å². The van der Waals surface area contributed by atoms with Crippen LogP contribution in [0.2, 0.25) is 0 Å². The molecule has 0 saturated heterocycles. The number of aryl methyl sites for hydroxylation is 1. The van der Waals surface area contributed by atoms with Crippen molar-refractivity contribution in [2.24, 2.45) is 0 Å². The van der Waals surface area contributed by atoms with Gasteiger partial charge in [-0.15, -0.1) is 0 Å². The average Bonchev–Trinajstić information content (AvgIpc) is 2.21. The van der Waals surface area contributed by atoms with Crippen molar-refractivity contribution in [3.63, 3.8) is 0 Å². The average molecular weight is 239 g/mol. The molecular weight excluding hydrogens is 217 g/mol. The van der Waals surface area contributed by atoms with E-state index < -0.39 is 0 Å². The van der Waals surface area contributed by atoms with Crippen LogP contribution in [0, 0.1) is 12.7 Å². The number of benzene rings is 1. The lowest BCUT2D eigenvalue weighted by Crippen LogP contribution is -2.31. The van der Waals surface area contributed by atoms with Crippen LogP contribution in [-0.4, -0.2) is 18.8 Å². The third-order valence-corrected chi connectivity index (χ3v) is 2.94. The maximum absolute atomic E-state index is 13.0. The van der Waals surface area contributed by atoms with Crippen LogP contribution in [0.15, 0.2) is 18.2 Å². The summed E-state index contributed by atoms with van der Waals surface area (Å²) < 4.78 is 18.4. The molecule has 0 heterocycles. The Morgan fingerprint density at radius 3 is 2.59 bits per heavy atom. The number of hydrogen-bond acceptors (Lipinski definition) is 2. The molecule has 96 valence electrons. The molecule has 0 bridgehead atoms. The Kier molecular flexibility index (Phi) is 4.52. The first-order valence-corrected chi connectivity index (χ1v) is 5.92. The van der Waals surface area contributed by atoms with E-state index in [1.54, 1.807) is 13.2 Å². The Bertz CT molecular complexity index is 376. The molecule has 0 amide bonds. The lowest BCUT2D eigenvalue weighted by atomic mass is 9.99. The molecule has 0 saturated carbocycles. The molecule has 0 aromatic heterocycles. The first-order valence-electron chi connectivity index (χ1n) is 5.92. The lowest BCUT2D eigenvalue weighted by molar-refractivity contribution is 0.0128. The number of halogens is 1. The van der Waals surface area contributed by atoms with E-state index in [0.717, 1.165) is 17.7 Å². The van der Waals surface area contributed by atoms with E-state index in [1.165, 1.54) is 12.1 Å². The van der Waals surface area contributed by atoms with E-state index >= 15 is 0 Å². The Morgan fingerprint density at radius 2 is 2.06 bits per heavy atom. The molecule has 3 heteroatoms. The summed E-state index contributed by atoms with van der Waals surface area (Å²) in [4.78, 5) is 0. The number of nitrogens with one attached hydrogen (secondary N) is 1. The van der Waals surface area contributed by atoms with Gasteiger partial charge in [0.25, 0.3) is 0 Å². The summed E-state index contributed by atoms with van der Waals surface area (Å²) >= 11 is 0. The number of ether oxygens (including phenoxy) is 1. The Morgan fingerprint density at radius 1 is 1.41 bits per heavy atom. The first-order chi connectivity index (χ1) is 7.84. The predicted molar refractivity (Wildman–Crippen MR) is 69.9 cm³/mol. The van der Waals surface area contributed by atoms with Gasteiger partial charge in [0.2, 0.25) is 0 Å². The Labute approximate surface area is 103 Å². The molecule has 1 rings (SSSR count). The molecule has 0 aliphatic heterocycles. The van der Waals surface area contributed by atoms with E-state index in [-0.39, 0.29) is 17.5 Å². The molecular formula is C14H22FNO. The minimum Gasteiger partial charge on any atom is -0.382 e. The molecule has 1 unspecified atom stereocenters. The topological polar surface area (TPSA) is 21.3 Å². The van der Waals surface area contributed by atoms with Gasteiger partial charge in [-0.05, 0) is 57.9 Å². The van der Waals surface area contributed by atoms with Crippen molar-refractivity contribution in [2.45, 2.75) is 45.8 Å². The van der Waals surface area contributed by atoms with E-state index in [9.17, 15) is 4.39 Å². The van der Waals surface area contributed by atoms with Crippen molar-refractivity contribution >= 4 is 5.69 Å². The SMILES string of the molecule is COC(C)(C)CC(C)Nc1ccc(F)cc1C. The fourth-order valence-corrected chi connectivity index (χ4v) is 1.93. The van der Waals surface area contributed by atoms with Crippen molar-refractivity contribution in [3.05, 3.63) is 29.6 Å². The smallest absolute Gasteiger partial charge is 0.123 e. The highest BCUT2D eigenvalue weighted by Gasteiger charge is 2.20. The van der Waals surface area contributed by atoms with Crippen LogP contribution in [-0.2, 0) is 4.74 Å². The summed E-state index contributed by atoms with van der Waals surface area (Å²) in [6.07, 6.45) is 0.889. The zero-order valence-corrected chi connectivity index (χ0v) is 11.3. The summed E-state index contributed by atoms with van der Waals surface area (Å²) in [5.41, 5.74) is 1.75. The zero-order valence-electron chi connectivity index (χ0n) is 11.3. The van der Waals surface area contributed by atoms with E-state index in [4.69, 9.17) is 4.74 Å². The first kappa shape index (κ1) is 14.0. The van der Waals surface area contributed by atoms with E-state index in [1.807, 2.05) is 6.92 Å². The van der Waals surface area contributed by atoms with Gasteiger partial charge in [0.1, 0.15) is 5.82 Å². The van der Waals surface area contributed by atoms with Gasteiger partial charge in [0.05, 0.1) is 5.60 Å². The molecule has 1 aromatic rings.